The van der Waals surface area contributed by atoms with Crippen molar-refractivity contribution in [2.45, 2.75) is 33.6 Å². The molecular formula is C21H27N3O. The molecule has 0 aliphatic rings. The van der Waals surface area contributed by atoms with Gasteiger partial charge < -0.3 is 4.90 Å². The van der Waals surface area contributed by atoms with Crippen LogP contribution >= 0.6 is 0 Å². The van der Waals surface area contributed by atoms with Gasteiger partial charge in [-0.2, -0.15) is 5.10 Å². The molecule has 0 saturated heterocycles. The molecule has 0 radical (unpaired) electrons. The summed E-state index contributed by atoms with van der Waals surface area (Å²) in [5, 5.41) is 4.05. The maximum atomic E-state index is 12.0. The second kappa shape index (κ2) is 9.62. The van der Waals surface area contributed by atoms with Crippen molar-refractivity contribution in [1.29, 1.82) is 0 Å². The molecule has 0 unspecified atom stereocenters. The van der Waals surface area contributed by atoms with Crippen LogP contribution in [0.5, 0.6) is 0 Å². The Morgan fingerprint density at radius 3 is 2.16 bits per heavy atom. The van der Waals surface area contributed by atoms with E-state index < -0.39 is 0 Å². The third-order valence-electron chi connectivity index (χ3n) is 3.94. The minimum atomic E-state index is -0.204. The first kappa shape index (κ1) is 18.7. The number of benzene rings is 2. The standard InChI is InChI=1S/C21H27N3O/c1-4-14-24(15-5-2)20-12-8-18(9-13-20)16-22-23-21(25)19-10-6-17(3)7-11-19/h6-13,16H,4-5,14-15H2,1-3H3,(H,23,25)/b22-16+. The van der Waals surface area contributed by atoms with Crippen LogP contribution in [0.15, 0.2) is 53.6 Å². The van der Waals surface area contributed by atoms with Crippen LogP contribution in [0.25, 0.3) is 0 Å². The molecule has 0 aliphatic carbocycles. The summed E-state index contributed by atoms with van der Waals surface area (Å²) in [7, 11) is 0. The molecule has 1 amide bonds. The predicted octanol–water partition coefficient (Wildman–Crippen LogP) is 4.39. The molecule has 2 rings (SSSR count). The van der Waals surface area contributed by atoms with Crippen LogP contribution in [0.3, 0.4) is 0 Å². The van der Waals surface area contributed by atoms with Crippen molar-refractivity contribution >= 4 is 17.8 Å². The monoisotopic (exact) mass is 337 g/mol. The van der Waals surface area contributed by atoms with Crippen LogP contribution in [0.4, 0.5) is 5.69 Å². The first-order chi connectivity index (χ1) is 12.1. The van der Waals surface area contributed by atoms with Crippen LogP contribution in [-0.2, 0) is 0 Å². The molecule has 0 atom stereocenters. The number of amides is 1. The lowest BCUT2D eigenvalue weighted by Crippen LogP contribution is -2.24. The Kier molecular flexibility index (Phi) is 7.20. The van der Waals surface area contributed by atoms with Gasteiger partial charge in [0.05, 0.1) is 6.21 Å². The zero-order valence-corrected chi connectivity index (χ0v) is 15.3. The summed E-state index contributed by atoms with van der Waals surface area (Å²) in [6, 6.07) is 15.7. The van der Waals surface area contributed by atoms with Gasteiger partial charge in [-0.15, -0.1) is 0 Å². The fourth-order valence-electron chi connectivity index (χ4n) is 2.62. The predicted molar refractivity (Wildman–Crippen MR) is 105 cm³/mol. The molecule has 4 nitrogen and oxygen atoms in total. The Morgan fingerprint density at radius 2 is 1.60 bits per heavy atom. The summed E-state index contributed by atoms with van der Waals surface area (Å²) in [5.41, 5.74) is 6.48. The minimum absolute atomic E-state index is 0.204. The van der Waals surface area contributed by atoms with Gasteiger partial charge in [0.1, 0.15) is 0 Å². The zero-order chi connectivity index (χ0) is 18.1. The second-order valence-corrected chi connectivity index (χ2v) is 6.14. The van der Waals surface area contributed by atoms with Gasteiger partial charge in [-0.05, 0) is 49.6 Å². The summed E-state index contributed by atoms with van der Waals surface area (Å²) >= 11 is 0. The summed E-state index contributed by atoms with van der Waals surface area (Å²) < 4.78 is 0. The van der Waals surface area contributed by atoms with Gasteiger partial charge in [0.25, 0.3) is 5.91 Å². The van der Waals surface area contributed by atoms with E-state index in [2.05, 4.69) is 41.4 Å². The molecule has 2 aromatic carbocycles. The lowest BCUT2D eigenvalue weighted by atomic mass is 10.1. The number of hydrogen-bond donors (Lipinski definition) is 1. The van der Waals surface area contributed by atoms with Crippen LogP contribution in [0.2, 0.25) is 0 Å². The maximum Gasteiger partial charge on any atom is 0.271 e. The van der Waals surface area contributed by atoms with E-state index in [1.807, 2.05) is 31.2 Å². The molecular weight excluding hydrogens is 310 g/mol. The van der Waals surface area contributed by atoms with Gasteiger partial charge in [-0.25, -0.2) is 5.43 Å². The number of nitrogens with one attached hydrogen (secondary N) is 1. The number of anilines is 1. The van der Waals surface area contributed by atoms with Crippen LogP contribution in [0, 0.1) is 6.92 Å². The van der Waals surface area contributed by atoms with Gasteiger partial charge in [-0.3, -0.25) is 4.79 Å². The molecule has 132 valence electrons. The van der Waals surface area contributed by atoms with Gasteiger partial charge in [0.2, 0.25) is 0 Å². The second-order valence-electron chi connectivity index (χ2n) is 6.14. The van der Waals surface area contributed by atoms with Crippen LogP contribution in [0.1, 0.15) is 48.2 Å². The van der Waals surface area contributed by atoms with Crippen molar-refractivity contribution in [1.82, 2.24) is 5.43 Å². The molecule has 4 heteroatoms. The van der Waals surface area contributed by atoms with Crippen molar-refractivity contribution < 1.29 is 4.79 Å². The van der Waals surface area contributed by atoms with Gasteiger partial charge in [-0.1, -0.05) is 43.7 Å². The molecule has 1 N–H and O–H groups in total. The highest BCUT2D eigenvalue weighted by molar-refractivity contribution is 5.94. The zero-order valence-electron chi connectivity index (χ0n) is 15.3. The van der Waals surface area contributed by atoms with E-state index >= 15 is 0 Å². The van der Waals surface area contributed by atoms with E-state index in [1.165, 1.54) is 5.69 Å². The number of hydrazone groups is 1. The van der Waals surface area contributed by atoms with Crippen molar-refractivity contribution in [3.63, 3.8) is 0 Å². The van der Waals surface area contributed by atoms with E-state index in [-0.39, 0.29) is 5.91 Å². The lowest BCUT2D eigenvalue weighted by Gasteiger charge is -2.23. The van der Waals surface area contributed by atoms with Gasteiger partial charge in [0, 0.05) is 24.3 Å². The summed E-state index contributed by atoms with van der Waals surface area (Å²) in [6.07, 6.45) is 3.93. The van der Waals surface area contributed by atoms with E-state index in [4.69, 9.17) is 0 Å². The topological polar surface area (TPSA) is 44.7 Å². The molecule has 0 aromatic heterocycles. The molecule has 2 aromatic rings. The third kappa shape index (κ3) is 5.75. The van der Waals surface area contributed by atoms with E-state index in [1.54, 1.807) is 18.3 Å². The Labute approximate surface area is 150 Å². The number of rotatable bonds is 8. The van der Waals surface area contributed by atoms with Crippen molar-refractivity contribution in [2.24, 2.45) is 5.10 Å². The first-order valence-electron chi connectivity index (χ1n) is 8.89. The molecule has 0 heterocycles. The van der Waals surface area contributed by atoms with Crippen molar-refractivity contribution in [3.8, 4) is 0 Å². The summed E-state index contributed by atoms with van der Waals surface area (Å²) in [5.74, 6) is -0.204. The largest absolute Gasteiger partial charge is 0.372 e. The van der Waals surface area contributed by atoms with Gasteiger partial charge in [0.15, 0.2) is 0 Å². The number of hydrogen-bond acceptors (Lipinski definition) is 3. The molecule has 0 spiro atoms. The average molecular weight is 337 g/mol. The number of aryl methyl sites for hydroxylation is 1. The number of carbonyl (C=O) groups excluding carboxylic acids is 1. The number of carbonyl (C=O) groups is 1. The summed E-state index contributed by atoms with van der Waals surface area (Å²) in [6.45, 7) is 8.51. The van der Waals surface area contributed by atoms with Gasteiger partial charge >= 0.3 is 0 Å². The molecule has 0 fully saturated rings. The average Bonchev–Trinajstić information content (AvgIpc) is 2.62. The van der Waals surface area contributed by atoms with E-state index in [0.29, 0.717) is 5.56 Å². The molecule has 0 aliphatic heterocycles. The van der Waals surface area contributed by atoms with Crippen molar-refractivity contribution in [2.75, 3.05) is 18.0 Å². The fraction of sp³-hybridized carbons (Fsp3) is 0.333. The molecule has 0 saturated carbocycles. The highest BCUT2D eigenvalue weighted by atomic mass is 16.2. The Balaban J connectivity index is 1.94. The fourth-order valence-corrected chi connectivity index (χ4v) is 2.62. The van der Waals surface area contributed by atoms with Crippen LogP contribution in [-0.4, -0.2) is 25.2 Å². The smallest absolute Gasteiger partial charge is 0.271 e. The van der Waals surface area contributed by atoms with Crippen molar-refractivity contribution in [3.05, 3.63) is 65.2 Å². The normalized spacial score (nSPS) is 10.8. The Bertz CT molecular complexity index is 684. The molecule has 25 heavy (non-hydrogen) atoms. The lowest BCUT2D eigenvalue weighted by molar-refractivity contribution is 0.0955. The molecule has 0 bridgehead atoms. The third-order valence-corrected chi connectivity index (χ3v) is 3.94. The maximum absolute atomic E-state index is 12.0. The highest BCUT2D eigenvalue weighted by Crippen LogP contribution is 2.15. The first-order valence-corrected chi connectivity index (χ1v) is 8.89. The quantitative estimate of drug-likeness (QED) is 0.574. The highest BCUT2D eigenvalue weighted by Gasteiger charge is 2.04. The minimum Gasteiger partial charge on any atom is -0.372 e. The van der Waals surface area contributed by atoms with E-state index in [9.17, 15) is 4.79 Å². The Morgan fingerprint density at radius 1 is 1.00 bits per heavy atom. The van der Waals surface area contributed by atoms with E-state index in [0.717, 1.165) is 37.1 Å². The summed E-state index contributed by atoms with van der Waals surface area (Å²) in [4.78, 5) is 14.4. The number of nitrogens with zero attached hydrogens (tertiary/aromatic N) is 2. The van der Waals surface area contributed by atoms with Crippen LogP contribution < -0.4 is 10.3 Å². The SMILES string of the molecule is CCCN(CCC)c1ccc(/C=N/NC(=O)c2ccc(C)cc2)cc1. The Hall–Kier alpha value is -2.62.